The lowest BCUT2D eigenvalue weighted by Crippen LogP contribution is -2.43. The number of piperidine rings is 1. The van der Waals surface area contributed by atoms with Crippen LogP contribution in [0, 0.1) is 6.92 Å². The van der Waals surface area contributed by atoms with E-state index in [4.69, 9.17) is 5.73 Å². The molecule has 5 heteroatoms. The fourth-order valence-electron chi connectivity index (χ4n) is 2.10. The number of amides is 1. The summed E-state index contributed by atoms with van der Waals surface area (Å²) in [5.74, 6) is 0.0153. The molecule has 1 aliphatic heterocycles. The number of carbonyl (C=O) groups excluding carboxylic acids is 1. The zero-order valence-electron chi connectivity index (χ0n) is 10.7. The standard InChI is InChI=1S/C13H20N4O/c1-10-2-5-15-8-12(10)16-13(18)9-17-6-3-11(14)4-7-17/h2,5,8,11H,3-4,6-7,9,14H2,1H3,(H,16,18). The van der Waals surface area contributed by atoms with E-state index in [0.717, 1.165) is 37.2 Å². The Kier molecular flexibility index (Phi) is 4.28. The molecular weight excluding hydrogens is 228 g/mol. The van der Waals surface area contributed by atoms with Crippen molar-refractivity contribution >= 4 is 11.6 Å². The molecule has 1 aromatic heterocycles. The van der Waals surface area contributed by atoms with Crippen LogP contribution in [0.25, 0.3) is 0 Å². The Balaban J connectivity index is 1.84. The molecule has 5 nitrogen and oxygen atoms in total. The van der Waals surface area contributed by atoms with Crippen LogP contribution in [0.2, 0.25) is 0 Å². The number of pyridine rings is 1. The van der Waals surface area contributed by atoms with Crippen LogP contribution < -0.4 is 11.1 Å². The van der Waals surface area contributed by atoms with Gasteiger partial charge in [-0.15, -0.1) is 0 Å². The van der Waals surface area contributed by atoms with Gasteiger partial charge in [0.15, 0.2) is 0 Å². The summed E-state index contributed by atoms with van der Waals surface area (Å²) in [6, 6.07) is 2.18. The number of anilines is 1. The highest BCUT2D eigenvalue weighted by Gasteiger charge is 2.18. The lowest BCUT2D eigenvalue weighted by Gasteiger charge is -2.29. The molecule has 1 fully saturated rings. The van der Waals surface area contributed by atoms with Crippen LogP contribution in [-0.2, 0) is 4.79 Å². The molecule has 0 spiro atoms. The predicted molar refractivity (Wildman–Crippen MR) is 71.3 cm³/mol. The Morgan fingerprint density at radius 1 is 1.56 bits per heavy atom. The highest BCUT2D eigenvalue weighted by atomic mass is 16.2. The molecule has 0 unspecified atom stereocenters. The van der Waals surface area contributed by atoms with Gasteiger partial charge in [0.05, 0.1) is 18.4 Å². The maximum atomic E-state index is 11.9. The minimum absolute atomic E-state index is 0.0153. The summed E-state index contributed by atoms with van der Waals surface area (Å²) in [7, 11) is 0. The van der Waals surface area contributed by atoms with Crippen molar-refractivity contribution in [3.8, 4) is 0 Å². The van der Waals surface area contributed by atoms with Crippen LogP contribution in [0.1, 0.15) is 18.4 Å². The van der Waals surface area contributed by atoms with Crippen LogP contribution in [0.4, 0.5) is 5.69 Å². The topological polar surface area (TPSA) is 71.2 Å². The second-order valence-electron chi connectivity index (χ2n) is 4.85. The number of carbonyl (C=O) groups is 1. The largest absolute Gasteiger partial charge is 0.328 e. The Hall–Kier alpha value is -1.46. The Bertz CT molecular complexity index is 413. The van der Waals surface area contributed by atoms with Gasteiger partial charge in [-0.1, -0.05) is 0 Å². The molecule has 2 heterocycles. The second-order valence-corrected chi connectivity index (χ2v) is 4.85. The zero-order chi connectivity index (χ0) is 13.0. The van der Waals surface area contributed by atoms with Gasteiger partial charge in [-0.05, 0) is 31.4 Å². The first-order chi connectivity index (χ1) is 8.65. The van der Waals surface area contributed by atoms with Crippen molar-refractivity contribution in [1.29, 1.82) is 0 Å². The van der Waals surface area contributed by atoms with Crippen molar-refractivity contribution in [2.45, 2.75) is 25.8 Å². The minimum atomic E-state index is 0.0153. The van der Waals surface area contributed by atoms with Gasteiger partial charge in [0, 0.05) is 25.3 Å². The normalized spacial score (nSPS) is 17.7. The molecule has 0 aromatic carbocycles. The fraction of sp³-hybridized carbons (Fsp3) is 0.538. The zero-order valence-corrected chi connectivity index (χ0v) is 10.7. The lowest BCUT2D eigenvalue weighted by atomic mass is 10.1. The highest BCUT2D eigenvalue weighted by molar-refractivity contribution is 5.92. The molecule has 3 N–H and O–H groups in total. The molecule has 0 atom stereocenters. The summed E-state index contributed by atoms with van der Waals surface area (Å²) in [6.07, 6.45) is 5.34. The van der Waals surface area contributed by atoms with E-state index in [9.17, 15) is 4.79 Å². The average molecular weight is 248 g/mol. The molecule has 18 heavy (non-hydrogen) atoms. The second kappa shape index (κ2) is 5.93. The number of aromatic nitrogens is 1. The van der Waals surface area contributed by atoms with Crippen LogP contribution in [-0.4, -0.2) is 41.5 Å². The maximum absolute atomic E-state index is 11.9. The number of hydrogen-bond donors (Lipinski definition) is 2. The number of likely N-dealkylation sites (tertiary alicyclic amines) is 1. The van der Waals surface area contributed by atoms with E-state index < -0.39 is 0 Å². The third-order valence-corrected chi connectivity index (χ3v) is 3.31. The van der Waals surface area contributed by atoms with Gasteiger partial charge >= 0.3 is 0 Å². The van der Waals surface area contributed by atoms with Gasteiger partial charge in [-0.2, -0.15) is 0 Å². The smallest absolute Gasteiger partial charge is 0.238 e. The third-order valence-electron chi connectivity index (χ3n) is 3.31. The number of nitrogens with zero attached hydrogens (tertiary/aromatic N) is 2. The van der Waals surface area contributed by atoms with E-state index in [-0.39, 0.29) is 5.91 Å². The fourth-order valence-corrected chi connectivity index (χ4v) is 2.10. The molecule has 1 aromatic rings. The van der Waals surface area contributed by atoms with Gasteiger partial charge in [-0.25, -0.2) is 0 Å². The van der Waals surface area contributed by atoms with E-state index in [1.165, 1.54) is 0 Å². The van der Waals surface area contributed by atoms with E-state index in [1.54, 1.807) is 12.4 Å². The van der Waals surface area contributed by atoms with Crippen molar-refractivity contribution in [3.63, 3.8) is 0 Å². The Morgan fingerprint density at radius 3 is 2.94 bits per heavy atom. The van der Waals surface area contributed by atoms with E-state index in [1.807, 2.05) is 13.0 Å². The number of nitrogens with two attached hydrogens (primary N) is 1. The Morgan fingerprint density at radius 2 is 2.28 bits per heavy atom. The summed E-state index contributed by atoms with van der Waals surface area (Å²) in [6.45, 7) is 4.19. The number of hydrogen-bond acceptors (Lipinski definition) is 4. The summed E-state index contributed by atoms with van der Waals surface area (Å²) in [5, 5.41) is 2.89. The van der Waals surface area contributed by atoms with Gasteiger partial charge in [0.25, 0.3) is 0 Å². The van der Waals surface area contributed by atoms with Gasteiger partial charge < -0.3 is 11.1 Å². The number of rotatable bonds is 3. The molecule has 1 saturated heterocycles. The Labute approximate surface area is 107 Å². The van der Waals surface area contributed by atoms with E-state index in [0.29, 0.717) is 12.6 Å². The quantitative estimate of drug-likeness (QED) is 0.828. The minimum Gasteiger partial charge on any atom is -0.328 e. The van der Waals surface area contributed by atoms with Gasteiger partial charge in [0.1, 0.15) is 0 Å². The van der Waals surface area contributed by atoms with Crippen molar-refractivity contribution in [2.24, 2.45) is 5.73 Å². The van der Waals surface area contributed by atoms with Crippen LogP contribution in [0.15, 0.2) is 18.5 Å². The van der Waals surface area contributed by atoms with E-state index in [2.05, 4.69) is 15.2 Å². The third kappa shape index (κ3) is 3.51. The summed E-state index contributed by atoms with van der Waals surface area (Å²) >= 11 is 0. The molecule has 0 bridgehead atoms. The van der Waals surface area contributed by atoms with Crippen LogP contribution in [0.5, 0.6) is 0 Å². The van der Waals surface area contributed by atoms with Gasteiger partial charge in [-0.3, -0.25) is 14.7 Å². The molecule has 0 saturated carbocycles. The highest BCUT2D eigenvalue weighted by Crippen LogP contribution is 2.12. The first kappa shape index (κ1) is 13.0. The van der Waals surface area contributed by atoms with E-state index >= 15 is 0 Å². The van der Waals surface area contributed by atoms with Crippen LogP contribution in [0.3, 0.4) is 0 Å². The van der Waals surface area contributed by atoms with Crippen molar-refractivity contribution in [2.75, 3.05) is 25.0 Å². The molecular formula is C13H20N4O. The first-order valence-corrected chi connectivity index (χ1v) is 6.33. The molecule has 1 aliphatic rings. The SMILES string of the molecule is Cc1ccncc1NC(=O)CN1CCC(N)CC1. The number of nitrogens with one attached hydrogen (secondary N) is 1. The molecule has 1 amide bonds. The molecule has 98 valence electrons. The number of aryl methyl sites for hydroxylation is 1. The monoisotopic (exact) mass is 248 g/mol. The predicted octanol–water partition coefficient (Wildman–Crippen LogP) is 0.752. The summed E-state index contributed by atoms with van der Waals surface area (Å²) in [4.78, 5) is 18.1. The van der Waals surface area contributed by atoms with Gasteiger partial charge in [0.2, 0.25) is 5.91 Å². The van der Waals surface area contributed by atoms with Crippen molar-refractivity contribution in [1.82, 2.24) is 9.88 Å². The average Bonchev–Trinajstić information content (AvgIpc) is 2.35. The summed E-state index contributed by atoms with van der Waals surface area (Å²) in [5.41, 5.74) is 7.65. The summed E-state index contributed by atoms with van der Waals surface area (Å²) < 4.78 is 0. The first-order valence-electron chi connectivity index (χ1n) is 6.33. The molecule has 0 radical (unpaired) electrons. The lowest BCUT2D eigenvalue weighted by molar-refractivity contribution is -0.117. The van der Waals surface area contributed by atoms with Crippen LogP contribution >= 0.6 is 0 Å². The maximum Gasteiger partial charge on any atom is 0.238 e. The molecule has 2 rings (SSSR count). The van der Waals surface area contributed by atoms with Crippen molar-refractivity contribution < 1.29 is 4.79 Å². The van der Waals surface area contributed by atoms with Crippen molar-refractivity contribution in [3.05, 3.63) is 24.0 Å². The molecule has 0 aliphatic carbocycles.